The van der Waals surface area contributed by atoms with Gasteiger partial charge < -0.3 is 16.2 Å². The molecule has 0 bridgehead atoms. The number of hydrogen-bond acceptors (Lipinski definition) is 3. The Balaban J connectivity index is 2.24. The van der Waals surface area contributed by atoms with Gasteiger partial charge in [0.25, 0.3) is 0 Å². The lowest BCUT2D eigenvalue weighted by molar-refractivity contribution is -0.133. The van der Waals surface area contributed by atoms with Crippen molar-refractivity contribution >= 4 is 5.97 Å². The van der Waals surface area contributed by atoms with Gasteiger partial charge in [0.05, 0.1) is 6.04 Å². The topological polar surface area (TPSA) is 75.4 Å². The molecule has 0 saturated heterocycles. The molecule has 4 nitrogen and oxygen atoms in total. The van der Waals surface area contributed by atoms with Gasteiger partial charge in [0.1, 0.15) is 5.70 Å². The minimum Gasteiger partial charge on any atom is -0.477 e. The molecule has 2 aliphatic rings. The van der Waals surface area contributed by atoms with Gasteiger partial charge in [-0.05, 0) is 12.2 Å². The maximum Gasteiger partial charge on any atom is 0.351 e. The largest absolute Gasteiger partial charge is 0.477 e. The third kappa shape index (κ3) is 1.30. The first-order chi connectivity index (χ1) is 6.16. The van der Waals surface area contributed by atoms with Gasteiger partial charge in [0, 0.05) is 11.6 Å². The van der Waals surface area contributed by atoms with E-state index in [4.69, 9.17) is 10.8 Å². The van der Waals surface area contributed by atoms with Crippen molar-refractivity contribution in [1.29, 1.82) is 0 Å². The van der Waals surface area contributed by atoms with Gasteiger partial charge in [-0.25, -0.2) is 4.79 Å². The summed E-state index contributed by atoms with van der Waals surface area (Å²) < 4.78 is 0. The molecule has 0 amide bonds. The van der Waals surface area contributed by atoms with E-state index in [0.717, 1.165) is 0 Å². The van der Waals surface area contributed by atoms with E-state index in [9.17, 15) is 4.79 Å². The molecule has 1 aliphatic carbocycles. The van der Waals surface area contributed by atoms with Crippen LogP contribution in [0.25, 0.3) is 0 Å². The Hall–Kier alpha value is -1.71. The summed E-state index contributed by atoms with van der Waals surface area (Å²) >= 11 is 0. The predicted octanol–water partition coefficient (Wildman–Crippen LogP) is -0.0447. The fraction of sp³-hybridized carbons (Fsp3) is 0.222. The van der Waals surface area contributed by atoms with Crippen molar-refractivity contribution in [3.8, 4) is 0 Å². The maximum atomic E-state index is 10.6. The summed E-state index contributed by atoms with van der Waals surface area (Å²) in [6.45, 7) is 0. The predicted molar refractivity (Wildman–Crippen MR) is 47.5 cm³/mol. The molecule has 0 fully saturated rings. The van der Waals surface area contributed by atoms with Gasteiger partial charge in [-0.15, -0.1) is 0 Å². The number of nitrogens with two attached hydrogens (primary N) is 1. The molecule has 2 unspecified atom stereocenters. The molecule has 4 N–H and O–H groups in total. The normalized spacial score (nSPS) is 30.2. The van der Waals surface area contributed by atoms with Crippen LogP contribution in [0.4, 0.5) is 0 Å². The SMILES string of the molecule is NC1=CC2C=C(C(=O)O)NC2C=C1. The molecule has 1 heterocycles. The summed E-state index contributed by atoms with van der Waals surface area (Å²) in [6, 6.07) is 0.0541. The van der Waals surface area contributed by atoms with Crippen LogP contribution in [0.15, 0.2) is 35.7 Å². The van der Waals surface area contributed by atoms with Gasteiger partial charge in [0.15, 0.2) is 0 Å². The molecule has 0 radical (unpaired) electrons. The monoisotopic (exact) mass is 178 g/mol. The van der Waals surface area contributed by atoms with E-state index in [1.807, 2.05) is 12.2 Å². The van der Waals surface area contributed by atoms with E-state index < -0.39 is 5.97 Å². The molecule has 2 atom stereocenters. The molecule has 4 heteroatoms. The highest BCUT2D eigenvalue weighted by Gasteiger charge is 2.28. The Kier molecular flexibility index (Phi) is 1.62. The first-order valence-corrected chi connectivity index (χ1v) is 4.04. The van der Waals surface area contributed by atoms with Crippen LogP contribution in [0.3, 0.4) is 0 Å². The summed E-state index contributed by atoms with van der Waals surface area (Å²) in [5, 5.41) is 11.6. The highest BCUT2D eigenvalue weighted by atomic mass is 16.4. The van der Waals surface area contributed by atoms with E-state index in [2.05, 4.69) is 5.32 Å². The molecule has 13 heavy (non-hydrogen) atoms. The summed E-state index contributed by atoms with van der Waals surface area (Å²) in [4.78, 5) is 10.6. The Morgan fingerprint density at radius 3 is 3.00 bits per heavy atom. The number of rotatable bonds is 1. The number of fused-ring (bicyclic) bond motifs is 1. The van der Waals surface area contributed by atoms with Gasteiger partial charge in [-0.2, -0.15) is 0 Å². The van der Waals surface area contributed by atoms with Crippen molar-refractivity contribution < 1.29 is 9.90 Å². The van der Waals surface area contributed by atoms with E-state index in [1.54, 1.807) is 12.2 Å². The minimum absolute atomic E-state index is 0.0541. The van der Waals surface area contributed by atoms with Gasteiger partial charge in [-0.3, -0.25) is 0 Å². The molecular weight excluding hydrogens is 168 g/mol. The molecule has 0 spiro atoms. The Morgan fingerprint density at radius 2 is 2.31 bits per heavy atom. The molecule has 0 aromatic heterocycles. The number of nitrogens with one attached hydrogen (secondary N) is 1. The van der Waals surface area contributed by atoms with Crippen LogP contribution in [0.1, 0.15) is 0 Å². The Bertz CT molecular complexity index is 342. The molecular formula is C9H10N2O2. The zero-order valence-corrected chi connectivity index (χ0v) is 6.90. The molecule has 2 rings (SSSR count). The standard InChI is InChI=1S/C9H10N2O2/c10-6-1-2-7-5(3-6)4-8(11-7)9(12)13/h1-5,7,11H,10H2,(H,12,13). The van der Waals surface area contributed by atoms with Crippen molar-refractivity contribution in [3.05, 3.63) is 35.7 Å². The fourth-order valence-electron chi connectivity index (χ4n) is 1.57. The quantitative estimate of drug-likeness (QED) is 0.526. The van der Waals surface area contributed by atoms with Gasteiger partial charge in [-0.1, -0.05) is 12.2 Å². The van der Waals surface area contributed by atoms with Crippen LogP contribution in [-0.4, -0.2) is 17.1 Å². The summed E-state index contributed by atoms with van der Waals surface area (Å²) in [5.74, 6) is -0.842. The van der Waals surface area contributed by atoms with E-state index in [1.165, 1.54) is 0 Å². The van der Waals surface area contributed by atoms with Crippen LogP contribution < -0.4 is 11.1 Å². The third-order valence-electron chi connectivity index (χ3n) is 2.21. The van der Waals surface area contributed by atoms with E-state index in [0.29, 0.717) is 5.70 Å². The summed E-state index contributed by atoms with van der Waals surface area (Å²) in [7, 11) is 0. The summed E-state index contributed by atoms with van der Waals surface area (Å²) in [6.07, 6.45) is 7.20. The Labute approximate surface area is 75.4 Å². The van der Waals surface area contributed by atoms with Crippen molar-refractivity contribution in [2.45, 2.75) is 6.04 Å². The first kappa shape index (κ1) is 7.91. The smallest absolute Gasteiger partial charge is 0.351 e. The average molecular weight is 178 g/mol. The van der Waals surface area contributed by atoms with Crippen LogP contribution in [0, 0.1) is 5.92 Å². The first-order valence-electron chi connectivity index (χ1n) is 4.04. The number of carboxylic acids is 1. The van der Waals surface area contributed by atoms with Crippen molar-refractivity contribution in [1.82, 2.24) is 5.32 Å². The van der Waals surface area contributed by atoms with E-state index in [-0.39, 0.29) is 17.7 Å². The maximum absolute atomic E-state index is 10.6. The Morgan fingerprint density at radius 1 is 1.54 bits per heavy atom. The number of allylic oxidation sites excluding steroid dienone is 1. The average Bonchev–Trinajstić information content (AvgIpc) is 2.46. The van der Waals surface area contributed by atoms with Crippen LogP contribution in [-0.2, 0) is 4.79 Å². The van der Waals surface area contributed by atoms with Crippen molar-refractivity contribution in [2.75, 3.05) is 0 Å². The zero-order valence-electron chi connectivity index (χ0n) is 6.90. The van der Waals surface area contributed by atoms with Gasteiger partial charge in [0.2, 0.25) is 0 Å². The third-order valence-corrected chi connectivity index (χ3v) is 2.21. The summed E-state index contributed by atoms with van der Waals surface area (Å²) in [5.41, 5.74) is 6.52. The second-order valence-electron chi connectivity index (χ2n) is 3.16. The highest BCUT2D eigenvalue weighted by Crippen LogP contribution is 2.23. The second kappa shape index (κ2) is 2.65. The molecule has 0 aromatic rings. The van der Waals surface area contributed by atoms with Gasteiger partial charge >= 0.3 is 5.97 Å². The van der Waals surface area contributed by atoms with Crippen molar-refractivity contribution in [2.24, 2.45) is 11.7 Å². The number of aliphatic carboxylic acids is 1. The number of hydrogen-bond donors (Lipinski definition) is 3. The number of carboxylic acid groups (broad SMARTS) is 1. The van der Waals surface area contributed by atoms with Crippen LogP contribution in [0.2, 0.25) is 0 Å². The molecule has 0 saturated carbocycles. The van der Waals surface area contributed by atoms with Crippen molar-refractivity contribution in [3.63, 3.8) is 0 Å². The minimum atomic E-state index is -0.922. The fourth-order valence-corrected chi connectivity index (χ4v) is 1.57. The van der Waals surface area contributed by atoms with E-state index >= 15 is 0 Å². The molecule has 68 valence electrons. The molecule has 0 aromatic carbocycles. The lowest BCUT2D eigenvalue weighted by atomic mass is 9.96. The van der Waals surface area contributed by atoms with Crippen LogP contribution in [0.5, 0.6) is 0 Å². The lowest BCUT2D eigenvalue weighted by Crippen LogP contribution is -2.29. The number of carbonyl (C=O) groups is 1. The molecule has 1 aliphatic heterocycles. The highest BCUT2D eigenvalue weighted by molar-refractivity contribution is 5.86. The zero-order chi connectivity index (χ0) is 9.42. The van der Waals surface area contributed by atoms with Crippen LogP contribution >= 0.6 is 0 Å². The lowest BCUT2D eigenvalue weighted by Gasteiger charge is -2.17. The second-order valence-corrected chi connectivity index (χ2v) is 3.16.